The molecule has 3 rings (SSSR count). The third kappa shape index (κ3) is 2.51. The van der Waals surface area contributed by atoms with Gasteiger partial charge in [0.2, 0.25) is 0 Å². The number of carboxylic acid groups (broad SMARTS) is 1. The van der Waals surface area contributed by atoms with Gasteiger partial charge in [0.05, 0.1) is 29.7 Å². The fourth-order valence-corrected chi connectivity index (χ4v) is 2.51. The molecule has 0 saturated carbocycles. The molecule has 0 atom stereocenters. The van der Waals surface area contributed by atoms with Crippen LogP contribution >= 0.6 is 0 Å². The Morgan fingerprint density at radius 3 is 2.50 bits per heavy atom. The van der Waals surface area contributed by atoms with Crippen molar-refractivity contribution in [1.29, 1.82) is 0 Å². The van der Waals surface area contributed by atoms with Gasteiger partial charge in [-0.05, 0) is 24.3 Å². The van der Waals surface area contributed by atoms with Gasteiger partial charge in [0.1, 0.15) is 0 Å². The second-order valence-corrected chi connectivity index (χ2v) is 5.03. The number of hydrogen-bond acceptors (Lipinski definition) is 2. The highest BCUT2D eigenvalue weighted by molar-refractivity contribution is 5.65. The highest BCUT2D eigenvalue weighted by Gasteiger charge is 2.30. The number of fused-ring (bicyclic) bond motifs is 1. The van der Waals surface area contributed by atoms with Crippen molar-refractivity contribution in [3.05, 3.63) is 47.3 Å². The molecule has 5 nitrogen and oxygen atoms in total. The van der Waals surface area contributed by atoms with Gasteiger partial charge in [-0.3, -0.25) is 0 Å². The van der Waals surface area contributed by atoms with Gasteiger partial charge in [0.15, 0.2) is 0 Å². The van der Waals surface area contributed by atoms with Crippen LogP contribution in [0.1, 0.15) is 16.8 Å². The van der Waals surface area contributed by atoms with Crippen LogP contribution in [0.25, 0.3) is 5.69 Å². The number of hydrogen-bond donors (Lipinski definition) is 1. The van der Waals surface area contributed by atoms with Crippen LogP contribution in [0.4, 0.5) is 18.0 Å². The first-order chi connectivity index (χ1) is 10.4. The van der Waals surface area contributed by atoms with Gasteiger partial charge in [-0.1, -0.05) is 0 Å². The number of benzene rings is 1. The third-order valence-electron chi connectivity index (χ3n) is 3.64. The van der Waals surface area contributed by atoms with Gasteiger partial charge in [-0.2, -0.15) is 18.3 Å². The topological polar surface area (TPSA) is 58.4 Å². The van der Waals surface area contributed by atoms with E-state index in [1.54, 1.807) is 10.9 Å². The number of amides is 1. The highest BCUT2D eigenvalue weighted by atomic mass is 19.4. The van der Waals surface area contributed by atoms with Crippen LogP contribution in [0.3, 0.4) is 0 Å². The standard InChI is InChI=1S/C14H12F3N3O2/c15-14(16,17)10-1-3-11(4-2-10)20-12-5-6-19(13(21)22)8-9(12)7-18-20/h1-4,7H,5-6,8H2,(H,21,22). The fourth-order valence-electron chi connectivity index (χ4n) is 2.51. The molecule has 0 aliphatic carbocycles. The smallest absolute Gasteiger partial charge is 0.416 e. The van der Waals surface area contributed by atoms with Crippen molar-refractivity contribution >= 4 is 6.09 Å². The number of alkyl halides is 3. The molecule has 0 radical (unpaired) electrons. The lowest BCUT2D eigenvalue weighted by atomic mass is 10.1. The predicted octanol–water partition coefficient (Wildman–Crippen LogP) is 2.93. The molecule has 0 spiro atoms. The van der Waals surface area contributed by atoms with E-state index >= 15 is 0 Å². The Morgan fingerprint density at radius 1 is 1.23 bits per heavy atom. The first-order valence-corrected chi connectivity index (χ1v) is 6.57. The quantitative estimate of drug-likeness (QED) is 0.881. The van der Waals surface area contributed by atoms with Gasteiger partial charge in [0.25, 0.3) is 0 Å². The van der Waals surface area contributed by atoms with Crippen LogP contribution < -0.4 is 0 Å². The monoisotopic (exact) mass is 311 g/mol. The Hall–Kier alpha value is -2.51. The molecule has 1 aliphatic rings. The van der Waals surface area contributed by atoms with Gasteiger partial charge in [-0.15, -0.1) is 0 Å². The summed E-state index contributed by atoms with van der Waals surface area (Å²) >= 11 is 0. The van der Waals surface area contributed by atoms with E-state index in [0.29, 0.717) is 18.7 Å². The van der Waals surface area contributed by atoms with E-state index in [-0.39, 0.29) is 6.54 Å². The Balaban J connectivity index is 1.90. The normalized spacial score (nSPS) is 14.8. The molecular formula is C14H12F3N3O2. The molecular weight excluding hydrogens is 299 g/mol. The average Bonchev–Trinajstić information content (AvgIpc) is 2.89. The summed E-state index contributed by atoms with van der Waals surface area (Å²) in [6.45, 7) is 0.583. The highest BCUT2D eigenvalue weighted by Crippen LogP contribution is 2.30. The number of rotatable bonds is 1. The van der Waals surface area contributed by atoms with Crippen molar-refractivity contribution in [2.45, 2.75) is 19.1 Å². The van der Waals surface area contributed by atoms with Crippen molar-refractivity contribution in [3.63, 3.8) is 0 Å². The maximum Gasteiger partial charge on any atom is 0.416 e. The summed E-state index contributed by atoms with van der Waals surface area (Å²) in [6, 6.07) is 4.74. The van der Waals surface area contributed by atoms with E-state index < -0.39 is 17.8 Å². The maximum atomic E-state index is 12.6. The van der Waals surface area contributed by atoms with Crippen molar-refractivity contribution < 1.29 is 23.1 Å². The minimum absolute atomic E-state index is 0.241. The molecule has 1 aromatic carbocycles. The van der Waals surface area contributed by atoms with Crippen LogP contribution in [0.5, 0.6) is 0 Å². The van der Waals surface area contributed by atoms with Crippen molar-refractivity contribution in [2.24, 2.45) is 0 Å². The summed E-state index contributed by atoms with van der Waals surface area (Å²) in [6.07, 6.45) is -3.33. The molecule has 116 valence electrons. The number of halogens is 3. The molecule has 22 heavy (non-hydrogen) atoms. The number of carbonyl (C=O) groups is 1. The fraction of sp³-hybridized carbons (Fsp3) is 0.286. The summed E-state index contributed by atoms with van der Waals surface area (Å²) in [7, 11) is 0. The molecule has 8 heteroatoms. The summed E-state index contributed by atoms with van der Waals surface area (Å²) in [5.41, 5.74) is 1.41. The summed E-state index contributed by atoms with van der Waals surface area (Å²) < 4.78 is 39.3. The Bertz CT molecular complexity index is 707. The molecule has 1 amide bonds. The van der Waals surface area contributed by atoms with Crippen LogP contribution in [-0.4, -0.2) is 32.4 Å². The number of aromatic nitrogens is 2. The maximum absolute atomic E-state index is 12.6. The lowest BCUT2D eigenvalue weighted by Gasteiger charge is -2.24. The SMILES string of the molecule is O=C(O)N1CCc2c(cnn2-c2ccc(C(F)(F)F)cc2)C1. The van der Waals surface area contributed by atoms with Crippen LogP contribution in [0, 0.1) is 0 Å². The molecule has 2 heterocycles. The van der Waals surface area contributed by atoms with Gasteiger partial charge >= 0.3 is 12.3 Å². The lowest BCUT2D eigenvalue weighted by molar-refractivity contribution is -0.137. The summed E-state index contributed by atoms with van der Waals surface area (Å²) in [4.78, 5) is 12.2. The molecule has 2 aromatic rings. The van der Waals surface area contributed by atoms with E-state index in [4.69, 9.17) is 5.11 Å². The van der Waals surface area contributed by atoms with Crippen molar-refractivity contribution in [1.82, 2.24) is 14.7 Å². The molecule has 0 bridgehead atoms. The van der Waals surface area contributed by atoms with E-state index in [9.17, 15) is 18.0 Å². The second-order valence-electron chi connectivity index (χ2n) is 5.03. The summed E-state index contributed by atoms with van der Waals surface area (Å²) in [5, 5.41) is 13.2. The van der Waals surface area contributed by atoms with E-state index in [1.165, 1.54) is 17.0 Å². The largest absolute Gasteiger partial charge is 0.465 e. The van der Waals surface area contributed by atoms with E-state index in [1.807, 2.05) is 0 Å². The zero-order valence-corrected chi connectivity index (χ0v) is 11.3. The van der Waals surface area contributed by atoms with Crippen molar-refractivity contribution in [2.75, 3.05) is 6.54 Å². The second kappa shape index (κ2) is 5.04. The molecule has 0 saturated heterocycles. The predicted molar refractivity (Wildman–Crippen MR) is 70.7 cm³/mol. The van der Waals surface area contributed by atoms with Gasteiger partial charge in [0, 0.05) is 18.5 Å². The Kier molecular flexibility index (Phi) is 3.31. The molecule has 0 unspecified atom stereocenters. The van der Waals surface area contributed by atoms with Crippen molar-refractivity contribution in [3.8, 4) is 5.69 Å². The molecule has 1 aromatic heterocycles. The van der Waals surface area contributed by atoms with Gasteiger partial charge in [-0.25, -0.2) is 9.48 Å². The zero-order valence-electron chi connectivity index (χ0n) is 11.3. The third-order valence-corrected chi connectivity index (χ3v) is 3.64. The average molecular weight is 311 g/mol. The first kappa shape index (κ1) is 14.4. The Labute approximate surface area is 123 Å². The van der Waals surface area contributed by atoms with Crippen LogP contribution in [-0.2, 0) is 19.1 Å². The minimum Gasteiger partial charge on any atom is -0.465 e. The summed E-state index contributed by atoms with van der Waals surface area (Å²) in [5.74, 6) is 0. The molecule has 1 N–H and O–H groups in total. The first-order valence-electron chi connectivity index (χ1n) is 6.57. The lowest BCUT2D eigenvalue weighted by Crippen LogP contribution is -2.35. The van der Waals surface area contributed by atoms with E-state index in [2.05, 4.69) is 5.10 Å². The van der Waals surface area contributed by atoms with Gasteiger partial charge < -0.3 is 10.0 Å². The molecule has 0 fully saturated rings. The van der Waals surface area contributed by atoms with Crippen LogP contribution in [0.15, 0.2) is 30.5 Å². The Morgan fingerprint density at radius 2 is 1.91 bits per heavy atom. The van der Waals surface area contributed by atoms with E-state index in [0.717, 1.165) is 23.4 Å². The van der Waals surface area contributed by atoms with Crippen LogP contribution in [0.2, 0.25) is 0 Å². The minimum atomic E-state index is -4.37. The zero-order chi connectivity index (χ0) is 15.9. The molecule has 1 aliphatic heterocycles. The number of nitrogens with zero attached hydrogens (tertiary/aromatic N) is 3.